The van der Waals surface area contributed by atoms with Crippen LogP contribution in [0.3, 0.4) is 0 Å². The maximum atomic E-state index is 11.8. The molecule has 1 saturated heterocycles. The van der Waals surface area contributed by atoms with Crippen molar-refractivity contribution in [1.29, 1.82) is 0 Å². The number of nitrogens with one attached hydrogen (secondary N) is 1. The number of likely N-dealkylation sites (N-methyl/N-ethyl adjacent to an activating group) is 1. The number of halogens is 1. The minimum absolute atomic E-state index is 0.0979. The minimum atomic E-state index is -0.475. The molecule has 1 amide bonds. The standard InChI is InChI=1S/C14H20ClN3O/c1-9(16)14(19)17-12-7-8-18(2)13(12)10-3-5-11(15)6-4-10/h3-6,9,12-13H,7-8,16H2,1-2H3,(H,17,19). The van der Waals surface area contributed by atoms with Gasteiger partial charge in [-0.05, 0) is 38.1 Å². The van der Waals surface area contributed by atoms with Gasteiger partial charge >= 0.3 is 0 Å². The van der Waals surface area contributed by atoms with Crippen LogP contribution in [0.5, 0.6) is 0 Å². The monoisotopic (exact) mass is 281 g/mol. The highest BCUT2D eigenvalue weighted by atomic mass is 35.5. The fourth-order valence-corrected chi connectivity index (χ4v) is 2.68. The molecule has 3 atom stereocenters. The predicted octanol–water partition coefficient (Wildman–Crippen LogP) is 1.55. The number of carbonyl (C=O) groups excluding carboxylic acids is 1. The Kier molecular flexibility index (Phi) is 4.45. The van der Waals surface area contributed by atoms with E-state index in [9.17, 15) is 4.79 Å². The van der Waals surface area contributed by atoms with E-state index in [1.165, 1.54) is 5.56 Å². The summed E-state index contributed by atoms with van der Waals surface area (Å²) < 4.78 is 0. The average molecular weight is 282 g/mol. The first-order valence-electron chi connectivity index (χ1n) is 6.50. The molecule has 1 aromatic carbocycles. The fraction of sp³-hybridized carbons (Fsp3) is 0.500. The number of likely N-dealkylation sites (tertiary alicyclic amines) is 1. The van der Waals surface area contributed by atoms with Crippen LogP contribution >= 0.6 is 11.6 Å². The summed E-state index contributed by atoms with van der Waals surface area (Å²) in [5.41, 5.74) is 6.78. The average Bonchev–Trinajstić information content (AvgIpc) is 2.72. The van der Waals surface area contributed by atoms with Gasteiger partial charge in [0.25, 0.3) is 0 Å². The molecule has 3 unspecified atom stereocenters. The lowest BCUT2D eigenvalue weighted by atomic mass is 10.00. The number of nitrogens with zero attached hydrogens (tertiary/aromatic N) is 1. The highest BCUT2D eigenvalue weighted by Gasteiger charge is 2.34. The van der Waals surface area contributed by atoms with Gasteiger partial charge in [0.1, 0.15) is 0 Å². The Bertz CT molecular complexity index is 447. The van der Waals surface area contributed by atoms with E-state index in [0.717, 1.165) is 18.0 Å². The van der Waals surface area contributed by atoms with Gasteiger partial charge in [-0.1, -0.05) is 23.7 Å². The van der Waals surface area contributed by atoms with Crippen LogP contribution < -0.4 is 11.1 Å². The zero-order valence-electron chi connectivity index (χ0n) is 11.3. The molecule has 0 saturated carbocycles. The number of nitrogens with two attached hydrogens (primary N) is 1. The van der Waals surface area contributed by atoms with Gasteiger partial charge in [-0.3, -0.25) is 9.69 Å². The normalized spacial score (nSPS) is 25.3. The number of hydrogen-bond donors (Lipinski definition) is 2. The predicted molar refractivity (Wildman–Crippen MR) is 77.0 cm³/mol. The van der Waals surface area contributed by atoms with E-state index in [1.807, 2.05) is 24.3 Å². The molecule has 0 bridgehead atoms. The Hall–Kier alpha value is -1.10. The summed E-state index contributed by atoms with van der Waals surface area (Å²) in [5.74, 6) is -0.0979. The third kappa shape index (κ3) is 3.26. The first-order valence-corrected chi connectivity index (χ1v) is 6.88. The molecule has 0 aromatic heterocycles. The Labute approximate surface area is 118 Å². The lowest BCUT2D eigenvalue weighted by Crippen LogP contribution is -2.45. The number of amides is 1. The number of benzene rings is 1. The highest BCUT2D eigenvalue weighted by Crippen LogP contribution is 2.31. The van der Waals surface area contributed by atoms with Gasteiger partial charge in [-0.2, -0.15) is 0 Å². The summed E-state index contributed by atoms with van der Waals surface area (Å²) in [6.45, 7) is 2.66. The summed E-state index contributed by atoms with van der Waals surface area (Å²) in [6.07, 6.45) is 0.933. The summed E-state index contributed by atoms with van der Waals surface area (Å²) in [4.78, 5) is 14.0. The third-order valence-corrected chi connectivity index (χ3v) is 3.85. The molecule has 1 heterocycles. The Balaban J connectivity index is 2.15. The summed E-state index contributed by atoms with van der Waals surface area (Å²) in [7, 11) is 2.07. The maximum absolute atomic E-state index is 11.8. The second kappa shape index (κ2) is 5.90. The van der Waals surface area contributed by atoms with Crippen LogP contribution in [-0.2, 0) is 4.79 Å². The van der Waals surface area contributed by atoms with Crippen molar-refractivity contribution in [2.75, 3.05) is 13.6 Å². The van der Waals surface area contributed by atoms with E-state index in [1.54, 1.807) is 6.92 Å². The van der Waals surface area contributed by atoms with Crippen LogP contribution in [0.1, 0.15) is 24.9 Å². The van der Waals surface area contributed by atoms with Crippen LogP contribution in [0.2, 0.25) is 5.02 Å². The van der Waals surface area contributed by atoms with Crippen molar-refractivity contribution in [1.82, 2.24) is 10.2 Å². The Morgan fingerprint density at radius 1 is 1.47 bits per heavy atom. The van der Waals surface area contributed by atoms with Gasteiger partial charge in [0.05, 0.1) is 12.1 Å². The van der Waals surface area contributed by atoms with Gasteiger partial charge in [0, 0.05) is 17.6 Å². The van der Waals surface area contributed by atoms with E-state index in [2.05, 4.69) is 17.3 Å². The van der Waals surface area contributed by atoms with E-state index >= 15 is 0 Å². The van der Waals surface area contributed by atoms with E-state index < -0.39 is 6.04 Å². The van der Waals surface area contributed by atoms with Crippen molar-refractivity contribution in [3.63, 3.8) is 0 Å². The molecule has 4 nitrogen and oxygen atoms in total. The smallest absolute Gasteiger partial charge is 0.236 e. The molecule has 0 spiro atoms. The van der Waals surface area contributed by atoms with E-state index in [4.69, 9.17) is 17.3 Å². The van der Waals surface area contributed by atoms with E-state index in [-0.39, 0.29) is 18.0 Å². The van der Waals surface area contributed by atoms with Gasteiger partial charge in [0.2, 0.25) is 5.91 Å². The summed E-state index contributed by atoms with van der Waals surface area (Å²) >= 11 is 5.92. The first kappa shape index (κ1) is 14.3. The molecule has 1 fully saturated rings. The third-order valence-electron chi connectivity index (χ3n) is 3.60. The molecule has 0 aliphatic carbocycles. The minimum Gasteiger partial charge on any atom is -0.350 e. The summed E-state index contributed by atoms with van der Waals surface area (Å²) in [5, 5.41) is 3.76. The first-order chi connectivity index (χ1) is 8.99. The quantitative estimate of drug-likeness (QED) is 0.884. The molecule has 104 valence electrons. The maximum Gasteiger partial charge on any atom is 0.236 e. The molecule has 1 aliphatic rings. The lowest BCUT2D eigenvalue weighted by Gasteiger charge is -2.26. The summed E-state index contributed by atoms with van der Waals surface area (Å²) in [6, 6.07) is 7.60. The molecule has 2 rings (SSSR count). The molecule has 5 heteroatoms. The van der Waals surface area contributed by atoms with Crippen LogP contribution in [-0.4, -0.2) is 36.5 Å². The van der Waals surface area contributed by atoms with E-state index in [0.29, 0.717) is 0 Å². The van der Waals surface area contributed by atoms with Crippen molar-refractivity contribution in [3.8, 4) is 0 Å². The SMILES string of the molecule is CC(N)C(=O)NC1CCN(C)C1c1ccc(Cl)cc1. The molecule has 1 aliphatic heterocycles. The molecule has 19 heavy (non-hydrogen) atoms. The lowest BCUT2D eigenvalue weighted by molar-refractivity contribution is -0.122. The molecule has 3 N–H and O–H groups in total. The second-order valence-corrected chi connectivity index (χ2v) is 5.61. The van der Waals surface area contributed by atoms with Crippen LogP contribution in [0.15, 0.2) is 24.3 Å². The van der Waals surface area contributed by atoms with Crippen molar-refractivity contribution in [3.05, 3.63) is 34.9 Å². The fourth-order valence-electron chi connectivity index (χ4n) is 2.56. The second-order valence-electron chi connectivity index (χ2n) is 5.17. The van der Waals surface area contributed by atoms with Crippen LogP contribution in [0, 0.1) is 0 Å². The Morgan fingerprint density at radius 3 is 2.68 bits per heavy atom. The molecule has 1 aromatic rings. The number of carbonyl (C=O) groups is 1. The highest BCUT2D eigenvalue weighted by molar-refractivity contribution is 6.30. The van der Waals surface area contributed by atoms with Gasteiger partial charge in [0.15, 0.2) is 0 Å². The van der Waals surface area contributed by atoms with Gasteiger partial charge < -0.3 is 11.1 Å². The Morgan fingerprint density at radius 2 is 2.11 bits per heavy atom. The van der Waals surface area contributed by atoms with Crippen LogP contribution in [0.25, 0.3) is 0 Å². The van der Waals surface area contributed by atoms with Crippen molar-refractivity contribution in [2.45, 2.75) is 31.5 Å². The molecular formula is C14H20ClN3O. The zero-order chi connectivity index (χ0) is 14.0. The van der Waals surface area contributed by atoms with Crippen molar-refractivity contribution >= 4 is 17.5 Å². The largest absolute Gasteiger partial charge is 0.350 e. The van der Waals surface area contributed by atoms with Crippen molar-refractivity contribution < 1.29 is 4.79 Å². The number of rotatable bonds is 3. The molecular weight excluding hydrogens is 262 g/mol. The zero-order valence-corrected chi connectivity index (χ0v) is 12.0. The van der Waals surface area contributed by atoms with Crippen molar-refractivity contribution in [2.24, 2.45) is 5.73 Å². The van der Waals surface area contributed by atoms with Gasteiger partial charge in [-0.25, -0.2) is 0 Å². The topological polar surface area (TPSA) is 58.4 Å². The van der Waals surface area contributed by atoms with Gasteiger partial charge in [-0.15, -0.1) is 0 Å². The van der Waals surface area contributed by atoms with Crippen LogP contribution in [0.4, 0.5) is 0 Å². The number of hydrogen-bond acceptors (Lipinski definition) is 3. The molecule has 0 radical (unpaired) electrons.